The molecular formula is C11H16N2O2S. The average molecular weight is 240 g/mol. The number of benzene rings is 1. The maximum Gasteiger partial charge on any atom is 0.272 e. The van der Waals surface area contributed by atoms with Crippen LogP contribution in [0, 0.1) is 17.0 Å². The van der Waals surface area contributed by atoms with Gasteiger partial charge in [-0.15, -0.1) is 0 Å². The molecule has 0 aliphatic carbocycles. The van der Waals surface area contributed by atoms with E-state index in [4.69, 9.17) is 5.73 Å². The summed E-state index contributed by atoms with van der Waals surface area (Å²) in [5, 5.41) is 11.1. The Morgan fingerprint density at radius 2 is 2.25 bits per heavy atom. The zero-order valence-corrected chi connectivity index (χ0v) is 10.3. The fraction of sp³-hybridized carbons (Fsp3) is 0.455. The van der Waals surface area contributed by atoms with Gasteiger partial charge in [0.05, 0.1) is 4.92 Å². The maximum absolute atomic E-state index is 10.7. The van der Waals surface area contributed by atoms with E-state index in [1.165, 1.54) is 6.07 Å². The molecule has 4 nitrogen and oxygen atoms in total. The Labute approximate surface area is 99.4 Å². The van der Waals surface area contributed by atoms with E-state index < -0.39 is 0 Å². The van der Waals surface area contributed by atoms with Gasteiger partial charge in [-0.2, -0.15) is 11.8 Å². The molecule has 1 atom stereocenters. The molecule has 0 amide bonds. The highest BCUT2D eigenvalue weighted by Gasteiger charge is 2.13. The first-order valence-electron chi connectivity index (χ1n) is 5.10. The maximum atomic E-state index is 10.7. The first kappa shape index (κ1) is 13.0. The molecule has 0 saturated heterocycles. The first-order chi connectivity index (χ1) is 7.56. The lowest BCUT2D eigenvalue weighted by atomic mass is 10.1. The van der Waals surface area contributed by atoms with E-state index in [2.05, 4.69) is 6.92 Å². The molecule has 0 aliphatic rings. The Morgan fingerprint density at radius 1 is 1.56 bits per heavy atom. The number of nitro groups is 1. The highest BCUT2D eigenvalue weighted by atomic mass is 32.2. The summed E-state index contributed by atoms with van der Waals surface area (Å²) in [5.41, 5.74) is 7.48. The van der Waals surface area contributed by atoms with E-state index in [1.54, 1.807) is 24.8 Å². The first-order valence-corrected chi connectivity index (χ1v) is 6.15. The number of hydrogen-bond donors (Lipinski definition) is 1. The SMILES string of the molecule is Cc1c(CSC(C)CN)cccc1[N+](=O)[O-]. The van der Waals surface area contributed by atoms with Crippen LogP contribution in [0.15, 0.2) is 18.2 Å². The van der Waals surface area contributed by atoms with Crippen molar-refractivity contribution < 1.29 is 4.92 Å². The minimum atomic E-state index is -0.337. The van der Waals surface area contributed by atoms with Crippen LogP contribution in [0.5, 0.6) is 0 Å². The molecule has 0 bridgehead atoms. The third-order valence-electron chi connectivity index (χ3n) is 2.47. The third-order valence-corrected chi connectivity index (χ3v) is 3.71. The van der Waals surface area contributed by atoms with Gasteiger partial charge in [0.25, 0.3) is 5.69 Å². The van der Waals surface area contributed by atoms with Crippen LogP contribution >= 0.6 is 11.8 Å². The Morgan fingerprint density at radius 3 is 2.81 bits per heavy atom. The van der Waals surface area contributed by atoms with Crippen LogP contribution in [0.1, 0.15) is 18.1 Å². The molecule has 0 spiro atoms. The Bertz CT molecular complexity index is 382. The molecule has 5 heteroatoms. The summed E-state index contributed by atoms with van der Waals surface area (Å²) in [5.74, 6) is 0.770. The van der Waals surface area contributed by atoms with Crippen LogP contribution in [-0.4, -0.2) is 16.7 Å². The van der Waals surface area contributed by atoms with Gasteiger partial charge in [0.15, 0.2) is 0 Å². The molecule has 0 aliphatic heterocycles. The van der Waals surface area contributed by atoms with Gasteiger partial charge in [-0.25, -0.2) is 0 Å². The lowest BCUT2D eigenvalue weighted by Gasteiger charge is -2.09. The highest BCUT2D eigenvalue weighted by molar-refractivity contribution is 7.99. The Hall–Kier alpha value is -1.07. The van der Waals surface area contributed by atoms with Gasteiger partial charge in [-0.3, -0.25) is 10.1 Å². The Balaban J connectivity index is 2.81. The summed E-state index contributed by atoms with van der Waals surface area (Å²) in [6.45, 7) is 4.47. The third kappa shape index (κ3) is 3.21. The topological polar surface area (TPSA) is 69.2 Å². The molecule has 1 aromatic rings. The molecule has 1 rings (SSSR count). The van der Waals surface area contributed by atoms with E-state index in [0.717, 1.165) is 16.9 Å². The van der Waals surface area contributed by atoms with E-state index in [9.17, 15) is 10.1 Å². The Kier molecular flexibility index (Phi) is 4.76. The second-order valence-electron chi connectivity index (χ2n) is 3.68. The summed E-state index contributed by atoms with van der Waals surface area (Å²) in [7, 11) is 0. The van der Waals surface area contributed by atoms with Crippen LogP contribution < -0.4 is 5.73 Å². The predicted octanol–water partition coefficient (Wildman–Crippen LogP) is 2.48. The fourth-order valence-electron chi connectivity index (χ4n) is 1.32. The van der Waals surface area contributed by atoms with Gasteiger partial charge in [0.1, 0.15) is 0 Å². The summed E-state index contributed by atoms with van der Waals surface area (Å²) in [4.78, 5) is 10.4. The zero-order valence-electron chi connectivity index (χ0n) is 9.47. The predicted molar refractivity (Wildman–Crippen MR) is 67.6 cm³/mol. The molecule has 0 saturated carbocycles. The van der Waals surface area contributed by atoms with Crippen LogP contribution in [0.3, 0.4) is 0 Å². The smallest absolute Gasteiger partial charge is 0.272 e. The minimum Gasteiger partial charge on any atom is -0.329 e. The van der Waals surface area contributed by atoms with E-state index in [0.29, 0.717) is 11.8 Å². The highest BCUT2D eigenvalue weighted by Crippen LogP contribution is 2.25. The van der Waals surface area contributed by atoms with Crippen molar-refractivity contribution in [2.45, 2.75) is 24.9 Å². The molecule has 16 heavy (non-hydrogen) atoms. The molecular weight excluding hydrogens is 224 g/mol. The quantitative estimate of drug-likeness (QED) is 0.634. The lowest BCUT2D eigenvalue weighted by molar-refractivity contribution is -0.385. The molecule has 2 N–H and O–H groups in total. The average Bonchev–Trinajstić information content (AvgIpc) is 2.26. The van der Waals surface area contributed by atoms with Crippen molar-refractivity contribution in [2.75, 3.05) is 6.54 Å². The minimum absolute atomic E-state index is 0.193. The van der Waals surface area contributed by atoms with Gasteiger partial charge in [-0.1, -0.05) is 19.1 Å². The van der Waals surface area contributed by atoms with Gasteiger partial charge in [0, 0.05) is 29.2 Å². The summed E-state index contributed by atoms with van der Waals surface area (Å²) < 4.78 is 0. The van der Waals surface area contributed by atoms with Gasteiger partial charge in [0.2, 0.25) is 0 Å². The number of thioether (sulfide) groups is 1. The van der Waals surface area contributed by atoms with Crippen molar-refractivity contribution in [3.8, 4) is 0 Å². The normalized spacial score (nSPS) is 12.4. The van der Waals surface area contributed by atoms with Gasteiger partial charge >= 0.3 is 0 Å². The number of nitrogens with two attached hydrogens (primary N) is 1. The number of hydrogen-bond acceptors (Lipinski definition) is 4. The number of rotatable bonds is 5. The number of nitro benzene ring substituents is 1. The second kappa shape index (κ2) is 5.86. The van der Waals surface area contributed by atoms with Crippen molar-refractivity contribution in [2.24, 2.45) is 5.73 Å². The van der Waals surface area contributed by atoms with Crippen molar-refractivity contribution in [3.63, 3.8) is 0 Å². The summed E-state index contributed by atoms with van der Waals surface area (Å²) >= 11 is 1.72. The van der Waals surface area contributed by atoms with Crippen LogP contribution in [0.4, 0.5) is 5.69 Å². The summed E-state index contributed by atoms with van der Waals surface area (Å²) in [6.07, 6.45) is 0. The van der Waals surface area contributed by atoms with E-state index in [1.807, 2.05) is 6.07 Å². The molecule has 0 heterocycles. The fourth-order valence-corrected chi connectivity index (χ4v) is 2.24. The van der Waals surface area contributed by atoms with Gasteiger partial charge in [-0.05, 0) is 12.5 Å². The van der Waals surface area contributed by atoms with Crippen molar-refractivity contribution in [1.29, 1.82) is 0 Å². The monoisotopic (exact) mass is 240 g/mol. The van der Waals surface area contributed by atoms with Crippen molar-refractivity contribution >= 4 is 17.4 Å². The molecule has 0 aromatic heterocycles. The van der Waals surface area contributed by atoms with E-state index in [-0.39, 0.29) is 10.6 Å². The zero-order chi connectivity index (χ0) is 12.1. The largest absolute Gasteiger partial charge is 0.329 e. The van der Waals surface area contributed by atoms with Crippen LogP contribution in [0.25, 0.3) is 0 Å². The molecule has 1 aromatic carbocycles. The molecule has 88 valence electrons. The standard InChI is InChI=1S/C11H16N2O2S/c1-8(6-12)16-7-10-4-3-5-11(9(10)2)13(14)15/h3-5,8H,6-7,12H2,1-2H3. The molecule has 0 fully saturated rings. The van der Waals surface area contributed by atoms with Crippen molar-refractivity contribution in [1.82, 2.24) is 0 Å². The van der Waals surface area contributed by atoms with Crippen LogP contribution in [0.2, 0.25) is 0 Å². The van der Waals surface area contributed by atoms with E-state index >= 15 is 0 Å². The van der Waals surface area contributed by atoms with Gasteiger partial charge < -0.3 is 5.73 Å². The van der Waals surface area contributed by atoms with Crippen molar-refractivity contribution in [3.05, 3.63) is 39.4 Å². The lowest BCUT2D eigenvalue weighted by Crippen LogP contribution is -2.12. The number of nitrogens with zero attached hydrogens (tertiary/aromatic N) is 1. The molecule has 0 radical (unpaired) electrons. The second-order valence-corrected chi connectivity index (χ2v) is 5.10. The summed E-state index contributed by atoms with van der Waals surface area (Å²) in [6, 6.07) is 5.20. The van der Waals surface area contributed by atoms with Crippen LogP contribution in [-0.2, 0) is 5.75 Å². The molecule has 1 unspecified atom stereocenters.